The highest BCUT2D eigenvalue weighted by molar-refractivity contribution is 5.11. The van der Waals surface area contributed by atoms with Crippen molar-refractivity contribution in [2.75, 3.05) is 13.2 Å². The molecule has 0 amide bonds. The Balaban J connectivity index is 2.29. The summed E-state index contributed by atoms with van der Waals surface area (Å²) in [6.45, 7) is 8.99. The van der Waals surface area contributed by atoms with E-state index in [1.54, 1.807) is 0 Å². The predicted octanol–water partition coefficient (Wildman–Crippen LogP) is 2.40. The summed E-state index contributed by atoms with van der Waals surface area (Å²) in [4.78, 5) is 0. The maximum atomic E-state index is 5.50. The fourth-order valence-electron chi connectivity index (χ4n) is 1.31. The smallest absolute Gasteiger partial charge is 0.233 e. The van der Waals surface area contributed by atoms with Crippen LogP contribution in [-0.4, -0.2) is 23.3 Å². The summed E-state index contributed by atoms with van der Waals surface area (Å²) in [5.41, 5.74) is 0.953. The number of ether oxygens (including phenoxy) is 1. The van der Waals surface area contributed by atoms with Crippen molar-refractivity contribution in [3.63, 3.8) is 0 Å². The van der Waals surface area contributed by atoms with Gasteiger partial charge in [-0.2, -0.15) is 5.10 Å². The Hall–Kier alpha value is -1.16. The van der Waals surface area contributed by atoms with Crippen molar-refractivity contribution in [1.29, 1.82) is 0 Å². The fourth-order valence-corrected chi connectivity index (χ4v) is 1.31. The molecular formula is C13H23N3O. The Morgan fingerprint density at radius 3 is 2.71 bits per heavy atom. The summed E-state index contributed by atoms with van der Waals surface area (Å²) < 4.78 is 5.50. The minimum absolute atomic E-state index is 0.616. The third kappa shape index (κ3) is 6.22. The molecule has 0 fully saturated rings. The lowest BCUT2D eigenvalue weighted by molar-refractivity contribution is 0.276. The second kappa shape index (κ2) is 8.01. The van der Waals surface area contributed by atoms with E-state index in [9.17, 15) is 0 Å². The van der Waals surface area contributed by atoms with Crippen LogP contribution >= 0.6 is 0 Å². The first-order chi connectivity index (χ1) is 8.22. The molecule has 17 heavy (non-hydrogen) atoms. The summed E-state index contributed by atoms with van der Waals surface area (Å²) in [6.07, 6.45) is 2.17. The van der Waals surface area contributed by atoms with Gasteiger partial charge in [-0.15, -0.1) is 5.10 Å². The Kier molecular flexibility index (Phi) is 6.55. The van der Waals surface area contributed by atoms with Crippen molar-refractivity contribution in [2.45, 2.75) is 40.2 Å². The Morgan fingerprint density at radius 2 is 2.12 bits per heavy atom. The predicted molar refractivity (Wildman–Crippen MR) is 69.0 cm³/mol. The van der Waals surface area contributed by atoms with Crippen LogP contribution in [0.25, 0.3) is 0 Å². The summed E-state index contributed by atoms with van der Waals surface area (Å²) in [6, 6.07) is 3.84. The van der Waals surface area contributed by atoms with E-state index < -0.39 is 0 Å². The maximum absolute atomic E-state index is 5.50. The van der Waals surface area contributed by atoms with E-state index in [2.05, 4.69) is 36.3 Å². The van der Waals surface area contributed by atoms with Gasteiger partial charge in [0.15, 0.2) is 0 Å². The van der Waals surface area contributed by atoms with Crippen LogP contribution in [0.1, 0.15) is 39.3 Å². The number of nitrogens with one attached hydrogen (secondary N) is 1. The summed E-state index contributed by atoms with van der Waals surface area (Å²) >= 11 is 0. The van der Waals surface area contributed by atoms with Crippen LogP contribution in [0.5, 0.6) is 5.88 Å². The summed E-state index contributed by atoms with van der Waals surface area (Å²) in [5.74, 6) is 1.27. The van der Waals surface area contributed by atoms with Crippen LogP contribution < -0.4 is 10.1 Å². The largest absolute Gasteiger partial charge is 0.477 e. The van der Waals surface area contributed by atoms with E-state index in [1.165, 1.54) is 0 Å². The maximum Gasteiger partial charge on any atom is 0.233 e. The lowest BCUT2D eigenvalue weighted by Crippen LogP contribution is -2.15. The van der Waals surface area contributed by atoms with Crippen LogP contribution in [0.2, 0.25) is 0 Å². The molecule has 0 saturated heterocycles. The number of hydrogen-bond acceptors (Lipinski definition) is 4. The third-order valence-corrected chi connectivity index (χ3v) is 2.37. The molecule has 1 rings (SSSR count). The minimum atomic E-state index is 0.616. The van der Waals surface area contributed by atoms with Gasteiger partial charge >= 0.3 is 0 Å². The molecule has 0 aliphatic heterocycles. The molecular weight excluding hydrogens is 214 g/mol. The molecule has 0 spiro atoms. The Bertz CT molecular complexity index is 298. The molecule has 1 heterocycles. The number of hydrogen-bond donors (Lipinski definition) is 1. The van der Waals surface area contributed by atoms with Crippen LogP contribution in [0.15, 0.2) is 12.1 Å². The van der Waals surface area contributed by atoms with Gasteiger partial charge in [-0.1, -0.05) is 20.8 Å². The normalized spacial score (nSPS) is 10.8. The van der Waals surface area contributed by atoms with Gasteiger partial charge in [0.1, 0.15) is 0 Å². The molecule has 1 N–H and O–H groups in total. The molecule has 0 aliphatic rings. The molecule has 0 aliphatic carbocycles. The number of rotatable bonds is 8. The van der Waals surface area contributed by atoms with Crippen molar-refractivity contribution >= 4 is 0 Å². The molecule has 0 saturated carbocycles. The molecule has 4 heteroatoms. The highest BCUT2D eigenvalue weighted by Gasteiger charge is 1.99. The molecule has 4 nitrogen and oxygen atoms in total. The van der Waals surface area contributed by atoms with Gasteiger partial charge in [0.05, 0.1) is 12.3 Å². The lowest BCUT2D eigenvalue weighted by Gasteiger charge is -2.07. The van der Waals surface area contributed by atoms with Gasteiger partial charge < -0.3 is 10.1 Å². The van der Waals surface area contributed by atoms with E-state index in [-0.39, 0.29) is 0 Å². The number of aromatic nitrogens is 2. The van der Waals surface area contributed by atoms with Crippen LogP contribution in [0.4, 0.5) is 0 Å². The molecule has 96 valence electrons. The van der Waals surface area contributed by atoms with Crippen molar-refractivity contribution in [2.24, 2.45) is 5.92 Å². The van der Waals surface area contributed by atoms with Gasteiger partial charge in [-0.05, 0) is 31.4 Å². The second-order valence-electron chi connectivity index (χ2n) is 4.57. The SMILES string of the molecule is CCCNCc1ccc(OCCC(C)C)nn1. The Morgan fingerprint density at radius 1 is 1.29 bits per heavy atom. The quantitative estimate of drug-likeness (QED) is 0.705. The monoisotopic (exact) mass is 237 g/mol. The molecule has 0 unspecified atom stereocenters. The first-order valence-electron chi connectivity index (χ1n) is 6.38. The summed E-state index contributed by atoms with van der Waals surface area (Å²) in [5, 5.41) is 11.4. The van der Waals surface area contributed by atoms with Gasteiger partial charge in [-0.25, -0.2) is 0 Å². The van der Waals surface area contributed by atoms with Crippen molar-refractivity contribution in [3.05, 3.63) is 17.8 Å². The third-order valence-electron chi connectivity index (χ3n) is 2.37. The first-order valence-corrected chi connectivity index (χ1v) is 6.38. The molecule has 0 radical (unpaired) electrons. The fraction of sp³-hybridized carbons (Fsp3) is 0.692. The van der Waals surface area contributed by atoms with Crippen molar-refractivity contribution < 1.29 is 4.74 Å². The average Bonchev–Trinajstić information content (AvgIpc) is 2.31. The average molecular weight is 237 g/mol. The van der Waals surface area contributed by atoms with Crippen LogP contribution in [-0.2, 0) is 6.54 Å². The van der Waals surface area contributed by atoms with Gasteiger partial charge in [-0.3, -0.25) is 0 Å². The number of nitrogens with zero attached hydrogens (tertiary/aromatic N) is 2. The van der Waals surface area contributed by atoms with Gasteiger partial charge in [0.25, 0.3) is 0 Å². The van der Waals surface area contributed by atoms with Crippen molar-refractivity contribution in [3.8, 4) is 5.88 Å². The highest BCUT2D eigenvalue weighted by Crippen LogP contribution is 2.07. The van der Waals surface area contributed by atoms with Crippen molar-refractivity contribution in [1.82, 2.24) is 15.5 Å². The molecule has 1 aromatic heterocycles. The standard InChI is InChI=1S/C13H23N3O/c1-4-8-14-10-12-5-6-13(16-15-12)17-9-7-11(2)3/h5-6,11,14H,4,7-10H2,1-3H3. The zero-order valence-corrected chi connectivity index (χ0v) is 11.1. The van der Waals surface area contributed by atoms with E-state index in [0.717, 1.165) is 31.6 Å². The zero-order chi connectivity index (χ0) is 12.5. The van der Waals surface area contributed by atoms with E-state index in [1.807, 2.05) is 12.1 Å². The zero-order valence-electron chi connectivity index (χ0n) is 11.1. The van der Waals surface area contributed by atoms with Crippen LogP contribution in [0, 0.1) is 5.92 Å². The van der Waals surface area contributed by atoms with E-state index in [4.69, 9.17) is 4.74 Å². The second-order valence-corrected chi connectivity index (χ2v) is 4.57. The van der Waals surface area contributed by atoms with Crippen LogP contribution in [0.3, 0.4) is 0 Å². The Labute approximate surface area is 104 Å². The molecule has 0 atom stereocenters. The van der Waals surface area contributed by atoms with E-state index in [0.29, 0.717) is 18.4 Å². The van der Waals surface area contributed by atoms with Gasteiger partial charge in [0, 0.05) is 12.6 Å². The first kappa shape index (κ1) is 13.9. The topological polar surface area (TPSA) is 47.0 Å². The lowest BCUT2D eigenvalue weighted by atomic mass is 10.1. The summed E-state index contributed by atoms with van der Waals surface area (Å²) in [7, 11) is 0. The molecule has 1 aromatic rings. The highest BCUT2D eigenvalue weighted by atomic mass is 16.5. The molecule has 0 bridgehead atoms. The van der Waals surface area contributed by atoms with E-state index >= 15 is 0 Å². The molecule has 0 aromatic carbocycles. The van der Waals surface area contributed by atoms with Gasteiger partial charge in [0.2, 0.25) is 5.88 Å². The minimum Gasteiger partial charge on any atom is -0.477 e.